The number of alkyl carbamates (subject to hydrolysis) is 1. The zero-order chi connectivity index (χ0) is 29.7. The van der Waals surface area contributed by atoms with E-state index in [9.17, 15) is 24.0 Å². The lowest BCUT2D eigenvalue weighted by atomic mass is 9.54. The van der Waals surface area contributed by atoms with Gasteiger partial charge in [0, 0.05) is 18.3 Å². The highest BCUT2D eigenvalue weighted by Gasteiger charge is 2.48. The minimum atomic E-state index is -1.06. The maximum absolute atomic E-state index is 13.2. The highest BCUT2D eigenvalue weighted by molar-refractivity contribution is 5.96. The Bertz CT molecular complexity index is 1200. The van der Waals surface area contributed by atoms with Gasteiger partial charge < -0.3 is 30.0 Å². The average molecular weight is 571 g/mol. The van der Waals surface area contributed by atoms with E-state index in [4.69, 9.17) is 4.74 Å². The molecular weight excluding hydrogens is 528 g/mol. The molecule has 224 valence electrons. The number of ether oxygens (including phenoxy) is 2. The molecule has 3 N–H and O–H groups in total. The maximum atomic E-state index is 13.2. The first-order valence-electron chi connectivity index (χ1n) is 14.5. The minimum Gasteiger partial charge on any atom is -0.466 e. The zero-order valence-electron chi connectivity index (χ0n) is 24.3. The van der Waals surface area contributed by atoms with Crippen molar-refractivity contribution < 1.29 is 28.7 Å². The number of pyridine rings is 1. The summed E-state index contributed by atoms with van der Waals surface area (Å²) in [5, 5.41) is 8.33. The Labute approximate surface area is 240 Å². The second-order valence-corrected chi connectivity index (χ2v) is 12.6. The standard InChI is InChI=1S/C30H42N4O7/c1-30(2,3)41-29(39)32-22(8-5-6-10-25(36)40-4)27(37)31-23-9-7-11-34(28(23)38)17-24(35)33-26-20-13-18-12-19(15-20)16-21(26)14-18/h6-7,9-11,18-22,26H,5,8,12-17H2,1-4H3,(H,31,37)(H,32,39)(H,33,35)/b10-6+/t18?,19?,20?,21?,22-,26?/m0/s1. The van der Waals surface area contributed by atoms with Gasteiger partial charge in [-0.05, 0) is 102 Å². The first kappa shape index (κ1) is 30.3. The second kappa shape index (κ2) is 12.9. The summed E-state index contributed by atoms with van der Waals surface area (Å²) >= 11 is 0. The number of anilines is 1. The number of methoxy groups -OCH3 is 1. The molecule has 4 aliphatic rings. The van der Waals surface area contributed by atoms with Crippen LogP contribution in [-0.2, 0) is 30.4 Å². The quantitative estimate of drug-likeness (QED) is 0.290. The molecule has 0 aliphatic heterocycles. The van der Waals surface area contributed by atoms with Gasteiger partial charge in [0.05, 0.1) is 7.11 Å². The average Bonchev–Trinajstić information content (AvgIpc) is 2.88. The summed E-state index contributed by atoms with van der Waals surface area (Å²) in [5.41, 5.74) is -1.32. The van der Waals surface area contributed by atoms with Gasteiger partial charge in [0.15, 0.2) is 0 Å². The smallest absolute Gasteiger partial charge is 0.408 e. The van der Waals surface area contributed by atoms with Crippen LogP contribution < -0.4 is 21.5 Å². The number of hydrogen-bond donors (Lipinski definition) is 3. The molecule has 0 radical (unpaired) electrons. The van der Waals surface area contributed by atoms with Crippen molar-refractivity contribution in [2.75, 3.05) is 12.4 Å². The van der Waals surface area contributed by atoms with Gasteiger partial charge in [-0.2, -0.15) is 0 Å². The number of aromatic nitrogens is 1. The van der Waals surface area contributed by atoms with E-state index in [1.165, 1.54) is 68.2 Å². The summed E-state index contributed by atoms with van der Waals surface area (Å²) in [4.78, 5) is 63.1. The lowest BCUT2D eigenvalue weighted by Crippen LogP contribution is -2.56. The van der Waals surface area contributed by atoms with Gasteiger partial charge in [-0.25, -0.2) is 9.59 Å². The molecule has 1 heterocycles. The first-order valence-corrected chi connectivity index (χ1v) is 14.5. The van der Waals surface area contributed by atoms with E-state index in [2.05, 4.69) is 20.7 Å². The topological polar surface area (TPSA) is 145 Å². The summed E-state index contributed by atoms with van der Waals surface area (Å²) < 4.78 is 11.1. The molecule has 11 nitrogen and oxygen atoms in total. The summed E-state index contributed by atoms with van der Waals surface area (Å²) in [6.07, 6.45) is 9.93. The highest BCUT2D eigenvalue weighted by atomic mass is 16.6. The van der Waals surface area contributed by atoms with Gasteiger partial charge in [-0.15, -0.1) is 0 Å². The van der Waals surface area contributed by atoms with Gasteiger partial charge in [0.25, 0.3) is 5.56 Å². The predicted molar refractivity (Wildman–Crippen MR) is 152 cm³/mol. The highest BCUT2D eigenvalue weighted by Crippen LogP contribution is 2.53. The normalized spacial score (nSPS) is 25.4. The number of rotatable bonds is 10. The van der Waals surface area contributed by atoms with E-state index >= 15 is 0 Å². The van der Waals surface area contributed by atoms with Crippen LogP contribution in [0, 0.1) is 23.7 Å². The fourth-order valence-corrected chi connectivity index (χ4v) is 6.75. The van der Waals surface area contributed by atoms with Gasteiger partial charge in [0.1, 0.15) is 23.9 Å². The Morgan fingerprint density at radius 3 is 2.34 bits per heavy atom. The molecule has 0 saturated heterocycles. The molecule has 0 aromatic carbocycles. The van der Waals surface area contributed by atoms with Crippen molar-refractivity contribution in [3.05, 3.63) is 40.8 Å². The molecule has 4 bridgehead atoms. The van der Waals surface area contributed by atoms with Gasteiger partial charge in [0.2, 0.25) is 11.8 Å². The third-order valence-corrected chi connectivity index (χ3v) is 8.23. The minimum absolute atomic E-state index is 0.0129. The monoisotopic (exact) mass is 570 g/mol. The summed E-state index contributed by atoms with van der Waals surface area (Å²) in [7, 11) is 1.26. The lowest BCUT2D eigenvalue weighted by Gasteiger charge is -2.54. The molecule has 1 aromatic rings. The Kier molecular flexibility index (Phi) is 9.55. The van der Waals surface area contributed by atoms with Gasteiger partial charge in [-0.1, -0.05) is 6.08 Å². The Morgan fingerprint density at radius 1 is 1.07 bits per heavy atom. The van der Waals surface area contributed by atoms with Gasteiger partial charge in [-0.3, -0.25) is 14.4 Å². The van der Waals surface area contributed by atoms with E-state index in [1.54, 1.807) is 26.8 Å². The summed E-state index contributed by atoms with van der Waals surface area (Å²) in [6.45, 7) is 4.95. The zero-order valence-corrected chi connectivity index (χ0v) is 24.3. The predicted octanol–water partition coefficient (Wildman–Crippen LogP) is 3.13. The van der Waals surface area contributed by atoms with Crippen molar-refractivity contribution in [2.45, 2.75) is 89.9 Å². The maximum Gasteiger partial charge on any atom is 0.408 e. The number of esters is 1. The van der Waals surface area contributed by atoms with Crippen LogP contribution in [0.15, 0.2) is 35.3 Å². The molecule has 1 aromatic heterocycles. The van der Waals surface area contributed by atoms with Crippen molar-refractivity contribution in [3.8, 4) is 0 Å². The molecular formula is C30H42N4O7. The largest absolute Gasteiger partial charge is 0.466 e. The number of carbonyl (C=O) groups is 4. The molecule has 0 spiro atoms. The third kappa shape index (κ3) is 8.20. The van der Waals surface area contributed by atoms with Crippen LogP contribution in [0.3, 0.4) is 0 Å². The van der Waals surface area contributed by atoms with E-state index in [1.807, 2.05) is 0 Å². The molecule has 0 unspecified atom stereocenters. The van der Waals surface area contributed by atoms with Crippen molar-refractivity contribution in [1.29, 1.82) is 0 Å². The summed E-state index contributed by atoms with van der Waals surface area (Å²) in [6, 6.07) is 2.15. The van der Waals surface area contributed by atoms with Crippen molar-refractivity contribution in [1.82, 2.24) is 15.2 Å². The van der Waals surface area contributed by atoms with Crippen molar-refractivity contribution in [3.63, 3.8) is 0 Å². The summed E-state index contributed by atoms with van der Waals surface area (Å²) in [5.74, 6) is 1.26. The van der Waals surface area contributed by atoms with Crippen LogP contribution in [0.2, 0.25) is 0 Å². The van der Waals surface area contributed by atoms with Crippen LogP contribution in [0.25, 0.3) is 0 Å². The van der Waals surface area contributed by atoms with Crippen molar-refractivity contribution in [2.24, 2.45) is 23.7 Å². The molecule has 41 heavy (non-hydrogen) atoms. The molecule has 11 heteroatoms. The van der Waals surface area contributed by atoms with E-state index in [-0.39, 0.29) is 37.0 Å². The van der Waals surface area contributed by atoms with Crippen LogP contribution in [-0.4, -0.2) is 53.2 Å². The molecule has 1 atom stereocenters. The van der Waals surface area contributed by atoms with Crippen molar-refractivity contribution >= 4 is 29.6 Å². The number of nitrogens with one attached hydrogen (secondary N) is 3. The Balaban J connectivity index is 1.39. The SMILES string of the molecule is COC(=O)/C=C/CC[C@H](NC(=O)OC(C)(C)C)C(=O)Nc1cccn(CC(=O)NC2C3CC4CC(C3)CC2C4)c1=O. The number of allylic oxidation sites excluding steroid dienone is 1. The number of amides is 3. The first-order chi connectivity index (χ1) is 19.4. The number of nitrogens with zero attached hydrogens (tertiary/aromatic N) is 1. The number of carbonyl (C=O) groups excluding carboxylic acids is 4. The van der Waals surface area contributed by atoms with Crippen LogP contribution in [0.5, 0.6) is 0 Å². The third-order valence-electron chi connectivity index (χ3n) is 8.23. The van der Waals surface area contributed by atoms with Crippen LogP contribution in [0.4, 0.5) is 10.5 Å². The van der Waals surface area contributed by atoms with E-state index < -0.39 is 35.2 Å². The fraction of sp³-hybridized carbons (Fsp3) is 0.633. The fourth-order valence-electron chi connectivity index (χ4n) is 6.75. The van der Waals surface area contributed by atoms with E-state index in [0.29, 0.717) is 11.8 Å². The molecule has 4 saturated carbocycles. The molecule has 4 aliphatic carbocycles. The Hall–Kier alpha value is -3.63. The Morgan fingerprint density at radius 2 is 1.73 bits per heavy atom. The van der Waals surface area contributed by atoms with Gasteiger partial charge >= 0.3 is 12.1 Å². The van der Waals surface area contributed by atoms with E-state index in [0.717, 1.165) is 11.8 Å². The molecule has 5 rings (SSSR count). The lowest BCUT2D eigenvalue weighted by molar-refractivity contribution is -0.134. The molecule has 3 amide bonds. The number of hydrogen-bond acceptors (Lipinski definition) is 7. The van der Waals surface area contributed by atoms with Crippen LogP contribution >= 0.6 is 0 Å². The second-order valence-electron chi connectivity index (χ2n) is 12.6. The molecule has 4 fully saturated rings. The van der Waals surface area contributed by atoms with Crippen LogP contribution in [0.1, 0.15) is 65.7 Å².